The van der Waals surface area contributed by atoms with Crippen LogP contribution in [-0.4, -0.2) is 25.9 Å². The van der Waals surface area contributed by atoms with Gasteiger partial charge < -0.3 is 14.8 Å². The van der Waals surface area contributed by atoms with Gasteiger partial charge in [-0.15, -0.1) is 0 Å². The van der Waals surface area contributed by atoms with Gasteiger partial charge in [0.15, 0.2) is 0 Å². The lowest BCUT2D eigenvalue weighted by atomic mass is 10.1. The normalized spacial score (nSPS) is 16.4. The van der Waals surface area contributed by atoms with E-state index in [2.05, 4.69) is 12.2 Å². The lowest BCUT2D eigenvalue weighted by Gasteiger charge is -2.25. The molecule has 1 aliphatic rings. The van der Waals surface area contributed by atoms with E-state index in [4.69, 9.17) is 32.7 Å². The topological polar surface area (TPSA) is 30.5 Å². The number of halogens is 2. The zero-order valence-electron chi connectivity index (χ0n) is 11.8. The van der Waals surface area contributed by atoms with E-state index in [-0.39, 0.29) is 6.10 Å². The molecule has 1 aliphatic heterocycles. The Bertz CT molecular complexity index is 434. The molecule has 0 amide bonds. The highest BCUT2D eigenvalue weighted by molar-refractivity contribution is 6.35. The lowest BCUT2D eigenvalue weighted by Crippen LogP contribution is -2.26. The second-order valence-electron chi connectivity index (χ2n) is 4.98. The fourth-order valence-corrected chi connectivity index (χ4v) is 2.82. The van der Waals surface area contributed by atoms with Gasteiger partial charge in [-0.05, 0) is 25.1 Å². The van der Waals surface area contributed by atoms with Crippen LogP contribution in [0.15, 0.2) is 12.1 Å². The van der Waals surface area contributed by atoms with Crippen LogP contribution in [0.25, 0.3) is 0 Å². The third kappa shape index (κ3) is 4.52. The molecule has 0 saturated carbocycles. The predicted molar refractivity (Wildman–Crippen MR) is 82.9 cm³/mol. The maximum Gasteiger partial charge on any atom is 0.142 e. The van der Waals surface area contributed by atoms with E-state index in [0.717, 1.165) is 50.3 Å². The van der Waals surface area contributed by atoms with Crippen molar-refractivity contribution in [2.75, 3.05) is 19.8 Å². The number of nitrogens with one attached hydrogen (secondary N) is 1. The summed E-state index contributed by atoms with van der Waals surface area (Å²) in [5.41, 5.74) is 1.02. The minimum Gasteiger partial charge on any atom is -0.488 e. The molecule has 1 aromatic carbocycles. The number of benzene rings is 1. The van der Waals surface area contributed by atoms with Crippen molar-refractivity contribution < 1.29 is 9.47 Å². The maximum absolute atomic E-state index is 6.30. The molecule has 0 aliphatic carbocycles. The zero-order chi connectivity index (χ0) is 14.4. The van der Waals surface area contributed by atoms with E-state index in [1.54, 1.807) is 6.07 Å². The van der Waals surface area contributed by atoms with Gasteiger partial charge in [-0.2, -0.15) is 0 Å². The summed E-state index contributed by atoms with van der Waals surface area (Å²) in [6.45, 7) is 5.31. The third-order valence-electron chi connectivity index (χ3n) is 3.28. The number of hydrogen-bond donors (Lipinski definition) is 1. The van der Waals surface area contributed by atoms with E-state index >= 15 is 0 Å². The van der Waals surface area contributed by atoms with Crippen LogP contribution in [0.3, 0.4) is 0 Å². The molecule has 0 bridgehead atoms. The first kappa shape index (κ1) is 15.9. The molecule has 112 valence electrons. The van der Waals surface area contributed by atoms with Crippen molar-refractivity contribution in [1.82, 2.24) is 5.32 Å². The van der Waals surface area contributed by atoms with Crippen molar-refractivity contribution in [3.63, 3.8) is 0 Å². The van der Waals surface area contributed by atoms with Crippen LogP contribution in [0, 0.1) is 0 Å². The highest BCUT2D eigenvalue weighted by Crippen LogP contribution is 2.34. The summed E-state index contributed by atoms with van der Waals surface area (Å²) in [7, 11) is 0. The molecule has 0 atom stereocenters. The molecule has 0 spiro atoms. The van der Waals surface area contributed by atoms with Gasteiger partial charge in [0.05, 0.1) is 18.2 Å². The van der Waals surface area contributed by atoms with Gasteiger partial charge in [-0.25, -0.2) is 0 Å². The quantitative estimate of drug-likeness (QED) is 0.803. The number of hydrogen-bond acceptors (Lipinski definition) is 3. The molecule has 20 heavy (non-hydrogen) atoms. The molecule has 0 aromatic heterocycles. The molecule has 1 heterocycles. The monoisotopic (exact) mass is 317 g/mol. The van der Waals surface area contributed by atoms with Crippen LogP contribution in [0.4, 0.5) is 0 Å². The summed E-state index contributed by atoms with van der Waals surface area (Å²) in [4.78, 5) is 0. The summed E-state index contributed by atoms with van der Waals surface area (Å²) in [5.74, 6) is 0.756. The van der Waals surface area contributed by atoms with Gasteiger partial charge in [0.2, 0.25) is 0 Å². The highest BCUT2D eigenvalue weighted by atomic mass is 35.5. The smallest absolute Gasteiger partial charge is 0.142 e. The predicted octanol–water partition coefficient (Wildman–Crippen LogP) is 4.05. The SMILES string of the molecule is CCCNCc1cc(Cl)cc(Cl)c1OC1CCOCC1. The fraction of sp³-hybridized carbons (Fsp3) is 0.600. The summed E-state index contributed by atoms with van der Waals surface area (Å²) in [6, 6.07) is 3.66. The second kappa shape index (κ2) is 8.08. The Balaban J connectivity index is 2.11. The van der Waals surface area contributed by atoms with Gasteiger partial charge in [0.25, 0.3) is 0 Å². The minimum absolute atomic E-state index is 0.173. The molecule has 3 nitrogen and oxygen atoms in total. The summed E-state index contributed by atoms with van der Waals surface area (Å²) >= 11 is 12.4. The summed E-state index contributed by atoms with van der Waals surface area (Å²) in [6.07, 6.45) is 3.07. The van der Waals surface area contributed by atoms with Crippen molar-refractivity contribution in [2.45, 2.75) is 38.8 Å². The van der Waals surface area contributed by atoms with Crippen LogP contribution in [-0.2, 0) is 11.3 Å². The van der Waals surface area contributed by atoms with Crippen LogP contribution in [0.5, 0.6) is 5.75 Å². The number of rotatable bonds is 6. The Morgan fingerprint density at radius 2 is 2.05 bits per heavy atom. The lowest BCUT2D eigenvalue weighted by molar-refractivity contribution is 0.0252. The van der Waals surface area contributed by atoms with Gasteiger partial charge in [-0.1, -0.05) is 30.1 Å². The van der Waals surface area contributed by atoms with Crippen LogP contribution in [0.1, 0.15) is 31.7 Å². The molecule has 5 heteroatoms. The molecule has 1 saturated heterocycles. The van der Waals surface area contributed by atoms with Crippen molar-refractivity contribution in [2.24, 2.45) is 0 Å². The van der Waals surface area contributed by atoms with Crippen molar-refractivity contribution in [3.05, 3.63) is 27.7 Å². The average Bonchev–Trinajstić information content (AvgIpc) is 2.44. The van der Waals surface area contributed by atoms with Gasteiger partial charge in [0, 0.05) is 30.0 Å². The number of ether oxygens (including phenoxy) is 2. The Hall–Kier alpha value is -0.480. The maximum atomic E-state index is 6.30. The first-order valence-corrected chi connectivity index (χ1v) is 7.89. The first-order chi connectivity index (χ1) is 9.70. The van der Waals surface area contributed by atoms with Crippen LogP contribution in [0.2, 0.25) is 10.0 Å². The Kier molecular flexibility index (Phi) is 6.43. The van der Waals surface area contributed by atoms with E-state index in [0.29, 0.717) is 16.6 Å². The van der Waals surface area contributed by atoms with E-state index in [1.165, 1.54) is 0 Å². The van der Waals surface area contributed by atoms with Gasteiger partial charge in [0.1, 0.15) is 11.9 Å². The zero-order valence-corrected chi connectivity index (χ0v) is 13.3. The van der Waals surface area contributed by atoms with E-state index in [9.17, 15) is 0 Å². The molecular formula is C15H21Cl2NO2. The van der Waals surface area contributed by atoms with E-state index < -0.39 is 0 Å². The largest absolute Gasteiger partial charge is 0.488 e. The Labute approximate surface area is 130 Å². The Morgan fingerprint density at radius 3 is 2.75 bits per heavy atom. The van der Waals surface area contributed by atoms with Gasteiger partial charge in [-0.3, -0.25) is 0 Å². The molecular weight excluding hydrogens is 297 g/mol. The second-order valence-corrected chi connectivity index (χ2v) is 5.83. The molecule has 2 rings (SSSR count). The molecule has 1 aromatic rings. The van der Waals surface area contributed by atoms with Crippen molar-refractivity contribution in [1.29, 1.82) is 0 Å². The van der Waals surface area contributed by atoms with Crippen molar-refractivity contribution >= 4 is 23.2 Å². The summed E-state index contributed by atoms with van der Waals surface area (Å²) in [5, 5.41) is 4.58. The molecule has 0 radical (unpaired) electrons. The highest BCUT2D eigenvalue weighted by Gasteiger charge is 2.19. The first-order valence-electron chi connectivity index (χ1n) is 7.13. The standard InChI is InChI=1S/C15H21Cl2NO2/c1-2-5-18-10-11-8-12(16)9-14(17)15(11)20-13-3-6-19-7-4-13/h8-9,13,18H,2-7,10H2,1H3. The van der Waals surface area contributed by atoms with Crippen LogP contribution >= 0.6 is 23.2 Å². The Morgan fingerprint density at radius 1 is 1.30 bits per heavy atom. The van der Waals surface area contributed by atoms with Gasteiger partial charge >= 0.3 is 0 Å². The molecule has 1 fully saturated rings. The summed E-state index contributed by atoms with van der Waals surface area (Å²) < 4.78 is 11.4. The minimum atomic E-state index is 0.173. The van der Waals surface area contributed by atoms with Crippen LogP contribution < -0.4 is 10.1 Å². The van der Waals surface area contributed by atoms with E-state index in [1.807, 2.05) is 6.07 Å². The molecule has 0 unspecified atom stereocenters. The van der Waals surface area contributed by atoms with Crippen molar-refractivity contribution in [3.8, 4) is 5.75 Å². The third-order valence-corrected chi connectivity index (χ3v) is 3.78. The average molecular weight is 318 g/mol. The molecule has 1 N–H and O–H groups in total. The fourth-order valence-electron chi connectivity index (χ4n) is 2.24.